The highest BCUT2D eigenvalue weighted by molar-refractivity contribution is 6.61. The lowest BCUT2D eigenvalue weighted by atomic mass is 9.75. The van der Waals surface area contributed by atoms with E-state index in [4.69, 9.17) is 0 Å². The van der Waals surface area contributed by atoms with E-state index < -0.39 is 12.9 Å². The first-order valence-electron chi connectivity index (χ1n) is 6.45. The fourth-order valence-corrected chi connectivity index (χ4v) is 2.72. The molecule has 0 atom stereocenters. The summed E-state index contributed by atoms with van der Waals surface area (Å²) in [4.78, 5) is 3.97. The molecule has 0 saturated heterocycles. The van der Waals surface area contributed by atoms with Crippen LogP contribution in [-0.4, -0.2) is 31.9 Å². The van der Waals surface area contributed by atoms with Crippen LogP contribution in [0.25, 0.3) is 11.4 Å². The fraction of sp³-hybridized carbons (Fsp3) is 0.385. The molecule has 104 valence electrons. The molecule has 0 aromatic carbocycles. The zero-order valence-corrected chi connectivity index (χ0v) is 11.3. The molecule has 0 amide bonds. The van der Waals surface area contributed by atoms with E-state index in [1.807, 2.05) is 0 Å². The smallest absolute Gasteiger partial charge is 0.423 e. The monoisotopic (exact) mass is 275 g/mol. The minimum atomic E-state index is -1.62. The van der Waals surface area contributed by atoms with Crippen LogP contribution in [0.1, 0.15) is 19.5 Å². The average Bonchev–Trinajstić information content (AvgIpc) is 2.81. The Bertz CT molecular complexity index is 652. The third kappa shape index (κ3) is 2.12. The Hall–Kier alpha value is -1.73. The summed E-state index contributed by atoms with van der Waals surface area (Å²) < 4.78 is 14.7. The first-order valence-corrected chi connectivity index (χ1v) is 6.45. The third-order valence-electron chi connectivity index (χ3n) is 3.55. The van der Waals surface area contributed by atoms with Crippen molar-refractivity contribution in [1.82, 2.24) is 14.8 Å². The summed E-state index contributed by atoms with van der Waals surface area (Å²) in [6.45, 7) is 4.92. The van der Waals surface area contributed by atoms with Crippen molar-refractivity contribution in [3.8, 4) is 11.4 Å². The lowest BCUT2D eigenvalue weighted by molar-refractivity contribution is 0.347. The number of fused-ring (bicyclic) bond motifs is 1. The largest absolute Gasteiger partial charge is 0.492 e. The molecular weight excluding hydrogens is 260 g/mol. The summed E-state index contributed by atoms with van der Waals surface area (Å²) in [5.41, 5.74) is 2.07. The Balaban J connectivity index is 2.12. The van der Waals surface area contributed by atoms with E-state index >= 15 is 0 Å². The van der Waals surface area contributed by atoms with Gasteiger partial charge in [0.05, 0.1) is 11.9 Å². The van der Waals surface area contributed by atoms with E-state index in [1.54, 1.807) is 4.68 Å². The normalized spacial score (nSPS) is 16.2. The highest BCUT2D eigenvalue weighted by Gasteiger charge is 2.37. The molecule has 5 nitrogen and oxygen atoms in total. The number of rotatable bonds is 2. The van der Waals surface area contributed by atoms with E-state index in [0.29, 0.717) is 29.8 Å². The Morgan fingerprint density at radius 1 is 1.35 bits per heavy atom. The number of halogens is 1. The molecule has 0 radical (unpaired) electrons. The number of pyridine rings is 1. The van der Waals surface area contributed by atoms with Crippen LogP contribution in [0.3, 0.4) is 0 Å². The zero-order valence-electron chi connectivity index (χ0n) is 11.3. The summed E-state index contributed by atoms with van der Waals surface area (Å²) in [7, 11) is -1.62. The number of nitrogens with zero attached hydrogens (tertiary/aromatic N) is 3. The molecule has 0 saturated carbocycles. The summed E-state index contributed by atoms with van der Waals surface area (Å²) in [6.07, 6.45) is 1.81. The molecule has 0 spiro atoms. The lowest BCUT2D eigenvalue weighted by Crippen LogP contribution is -2.34. The Labute approximate surface area is 116 Å². The van der Waals surface area contributed by atoms with Gasteiger partial charge in [-0.1, -0.05) is 13.8 Å². The maximum absolute atomic E-state index is 12.9. The average molecular weight is 275 g/mol. The first kappa shape index (κ1) is 13.3. The predicted molar refractivity (Wildman–Crippen MR) is 72.7 cm³/mol. The highest BCUT2D eigenvalue weighted by atomic mass is 19.1. The fourth-order valence-electron chi connectivity index (χ4n) is 2.72. The van der Waals surface area contributed by atoms with Crippen LogP contribution >= 0.6 is 0 Å². The Kier molecular flexibility index (Phi) is 2.91. The van der Waals surface area contributed by atoms with Gasteiger partial charge in [-0.05, 0) is 24.0 Å². The van der Waals surface area contributed by atoms with Crippen molar-refractivity contribution in [1.29, 1.82) is 0 Å². The standard InChI is InChI=1S/C13H15BFN3O2/c1-13(2)5-10-11(14(19)20)12(17-18(10)7-13)9-4-3-8(15)6-16-9/h3-4,6,19-20H,5,7H2,1-2H3. The summed E-state index contributed by atoms with van der Waals surface area (Å²) in [5.74, 6) is -0.437. The van der Waals surface area contributed by atoms with Gasteiger partial charge in [0.25, 0.3) is 0 Å². The predicted octanol–water partition coefficient (Wildman–Crippen LogP) is 0.346. The molecule has 2 aromatic rings. The quantitative estimate of drug-likeness (QED) is 0.776. The van der Waals surface area contributed by atoms with Crippen LogP contribution in [0.5, 0.6) is 0 Å². The van der Waals surface area contributed by atoms with Crippen molar-refractivity contribution in [2.45, 2.75) is 26.8 Å². The number of hydrogen-bond donors (Lipinski definition) is 2. The molecule has 0 fully saturated rings. The second-order valence-corrected chi connectivity index (χ2v) is 5.94. The van der Waals surface area contributed by atoms with Crippen molar-refractivity contribution < 1.29 is 14.4 Å². The minimum Gasteiger partial charge on any atom is -0.423 e. The maximum Gasteiger partial charge on any atom is 0.492 e. The summed E-state index contributed by atoms with van der Waals surface area (Å²) >= 11 is 0. The lowest BCUT2D eigenvalue weighted by Gasteiger charge is -2.15. The van der Waals surface area contributed by atoms with Crippen LogP contribution < -0.4 is 5.46 Å². The van der Waals surface area contributed by atoms with E-state index in [9.17, 15) is 14.4 Å². The second kappa shape index (κ2) is 4.39. The van der Waals surface area contributed by atoms with Gasteiger partial charge in [-0.2, -0.15) is 5.10 Å². The van der Waals surface area contributed by atoms with E-state index in [1.165, 1.54) is 12.1 Å². The first-order chi connectivity index (χ1) is 9.37. The van der Waals surface area contributed by atoms with Crippen molar-refractivity contribution in [2.75, 3.05) is 0 Å². The molecule has 3 rings (SSSR count). The van der Waals surface area contributed by atoms with Crippen molar-refractivity contribution in [3.63, 3.8) is 0 Å². The third-order valence-corrected chi connectivity index (χ3v) is 3.55. The molecule has 3 heterocycles. The van der Waals surface area contributed by atoms with Crippen LogP contribution in [0.2, 0.25) is 0 Å². The molecule has 20 heavy (non-hydrogen) atoms. The molecule has 0 bridgehead atoms. The van der Waals surface area contributed by atoms with E-state index in [0.717, 1.165) is 11.9 Å². The molecule has 7 heteroatoms. The van der Waals surface area contributed by atoms with Crippen LogP contribution in [0.4, 0.5) is 4.39 Å². The minimum absolute atomic E-state index is 0.0424. The molecule has 0 unspecified atom stereocenters. The Morgan fingerprint density at radius 3 is 2.70 bits per heavy atom. The van der Waals surface area contributed by atoms with Crippen LogP contribution in [0, 0.1) is 11.2 Å². The summed E-state index contributed by atoms with van der Waals surface area (Å²) in [5, 5.41) is 23.7. The topological polar surface area (TPSA) is 71.2 Å². The van der Waals surface area contributed by atoms with Gasteiger partial charge in [0.1, 0.15) is 11.5 Å². The van der Waals surface area contributed by atoms with Gasteiger partial charge in [0.2, 0.25) is 0 Å². The second-order valence-electron chi connectivity index (χ2n) is 5.94. The summed E-state index contributed by atoms with van der Waals surface area (Å²) in [6, 6.07) is 2.77. The number of hydrogen-bond acceptors (Lipinski definition) is 4. The number of aromatic nitrogens is 3. The molecule has 2 aromatic heterocycles. The molecule has 1 aliphatic rings. The van der Waals surface area contributed by atoms with E-state index in [-0.39, 0.29) is 5.41 Å². The van der Waals surface area contributed by atoms with Gasteiger partial charge in [0, 0.05) is 17.7 Å². The molecule has 2 N–H and O–H groups in total. The van der Waals surface area contributed by atoms with Crippen molar-refractivity contribution in [3.05, 3.63) is 29.8 Å². The molecular formula is C13H15BFN3O2. The van der Waals surface area contributed by atoms with E-state index in [2.05, 4.69) is 23.9 Å². The van der Waals surface area contributed by atoms with Gasteiger partial charge in [0.15, 0.2) is 0 Å². The molecule has 0 aliphatic carbocycles. The van der Waals surface area contributed by atoms with Gasteiger partial charge >= 0.3 is 7.12 Å². The van der Waals surface area contributed by atoms with Gasteiger partial charge in [-0.25, -0.2) is 4.39 Å². The molecule has 1 aliphatic heterocycles. The van der Waals surface area contributed by atoms with Gasteiger partial charge in [-0.3, -0.25) is 9.67 Å². The van der Waals surface area contributed by atoms with Crippen LogP contribution in [0.15, 0.2) is 18.3 Å². The van der Waals surface area contributed by atoms with Crippen LogP contribution in [-0.2, 0) is 13.0 Å². The SMILES string of the molecule is CC1(C)Cc2c(B(O)O)c(-c3ccc(F)cn3)nn2C1. The maximum atomic E-state index is 12.9. The highest BCUT2D eigenvalue weighted by Crippen LogP contribution is 2.32. The zero-order chi connectivity index (χ0) is 14.5. The van der Waals surface area contributed by atoms with Gasteiger partial charge < -0.3 is 10.0 Å². The van der Waals surface area contributed by atoms with Crippen molar-refractivity contribution >= 4 is 12.6 Å². The van der Waals surface area contributed by atoms with Crippen molar-refractivity contribution in [2.24, 2.45) is 5.41 Å². The van der Waals surface area contributed by atoms with Gasteiger partial charge in [-0.15, -0.1) is 0 Å². The Morgan fingerprint density at radius 2 is 2.10 bits per heavy atom.